The molecule has 2 aromatic carbocycles. The van der Waals surface area contributed by atoms with Crippen LogP contribution >= 0.6 is 11.8 Å². The number of nitrogens with zero attached hydrogens (tertiary/aromatic N) is 2. The molecule has 2 aromatic rings. The van der Waals surface area contributed by atoms with Crippen molar-refractivity contribution >= 4 is 17.7 Å². The average molecular weight is 417 g/mol. The molecule has 0 saturated carbocycles. The molecule has 1 aliphatic heterocycles. The van der Waals surface area contributed by atoms with Crippen molar-refractivity contribution in [2.75, 3.05) is 34.9 Å². The van der Waals surface area contributed by atoms with Gasteiger partial charge in [-0.05, 0) is 48.4 Å². The second-order valence-corrected chi connectivity index (χ2v) is 8.71. The molecule has 0 spiro atoms. The number of hydrogen-bond donors (Lipinski definition) is 1. The van der Waals surface area contributed by atoms with Crippen LogP contribution in [0, 0.1) is 0 Å². The summed E-state index contributed by atoms with van der Waals surface area (Å²) in [5.74, 6) is 1.52. The quantitative estimate of drug-likeness (QED) is 0.748. The number of likely N-dealkylation sites (N-methyl/N-ethyl adjacent to an activating group) is 1. The van der Waals surface area contributed by atoms with Crippen LogP contribution in [0.3, 0.4) is 0 Å². The van der Waals surface area contributed by atoms with E-state index in [1.54, 1.807) is 43.9 Å². The smallest absolute Gasteiger partial charge is 0.239 e. The van der Waals surface area contributed by atoms with Crippen LogP contribution in [0.1, 0.15) is 12.0 Å². The van der Waals surface area contributed by atoms with Gasteiger partial charge in [-0.3, -0.25) is 9.69 Å². The molecule has 0 unspecified atom stereocenters. The minimum atomic E-state index is -0.166. The SMILES string of the molecule is COc1ccc(S[C@@H]2C[C@@H](C(=O)N(C)C)N(Cc3ccc(O)c(OC)c3)C2)cc1. The Balaban J connectivity index is 1.75. The van der Waals surface area contributed by atoms with E-state index < -0.39 is 0 Å². The molecule has 2 atom stereocenters. The Kier molecular flexibility index (Phi) is 6.92. The average Bonchev–Trinajstić information content (AvgIpc) is 3.11. The van der Waals surface area contributed by atoms with Crippen LogP contribution in [-0.4, -0.2) is 67.0 Å². The molecular formula is C22H28N2O4S. The van der Waals surface area contributed by atoms with Crippen molar-refractivity contribution in [1.82, 2.24) is 9.80 Å². The Hall–Kier alpha value is -2.38. The molecule has 0 aromatic heterocycles. The maximum Gasteiger partial charge on any atom is 0.239 e. The predicted molar refractivity (Wildman–Crippen MR) is 115 cm³/mol. The molecule has 156 valence electrons. The van der Waals surface area contributed by atoms with Crippen molar-refractivity contribution in [2.45, 2.75) is 29.2 Å². The second kappa shape index (κ2) is 9.41. The molecule has 0 bridgehead atoms. The van der Waals surface area contributed by atoms with Crippen molar-refractivity contribution in [3.63, 3.8) is 0 Å². The number of phenolic OH excluding ortho intramolecular Hbond substituents is 1. The first-order chi connectivity index (χ1) is 13.9. The summed E-state index contributed by atoms with van der Waals surface area (Å²) in [5.41, 5.74) is 1.01. The third kappa shape index (κ3) is 5.16. The fourth-order valence-corrected chi connectivity index (χ4v) is 4.80. The van der Waals surface area contributed by atoms with Crippen LogP contribution in [0.4, 0.5) is 0 Å². The highest BCUT2D eigenvalue weighted by Gasteiger charge is 2.38. The highest BCUT2D eigenvalue weighted by molar-refractivity contribution is 8.00. The van der Waals surface area contributed by atoms with Crippen LogP contribution in [0.5, 0.6) is 17.2 Å². The molecule has 0 radical (unpaired) electrons. The normalized spacial score (nSPS) is 19.2. The number of amides is 1. The van der Waals surface area contributed by atoms with Crippen LogP contribution in [-0.2, 0) is 11.3 Å². The van der Waals surface area contributed by atoms with Gasteiger partial charge in [0.05, 0.1) is 20.3 Å². The Bertz CT molecular complexity index is 841. The number of thioether (sulfide) groups is 1. The number of carbonyl (C=O) groups is 1. The van der Waals surface area contributed by atoms with Crippen molar-refractivity contribution < 1.29 is 19.4 Å². The molecule has 1 amide bonds. The minimum Gasteiger partial charge on any atom is -0.504 e. The monoisotopic (exact) mass is 416 g/mol. The zero-order valence-electron chi connectivity index (χ0n) is 17.3. The molecule has 7 heteroatoms. The van der Waals surface area contributed by atoms with Crippen LogP contribution in [0.15, 0.2) is 47.4 Å². The molecule has 3 rings (SSSR count). The largest absolute Gasteiger partial charge is 0.504 e. The minimum absolute atomic E-state index is 0.117. The molecule has 1 fully saturated rings. The van der Waals surface area contributed by atoms with Gasteiger partial charge in [-0.25, -0.2) is 0 Å². The van der Waals surface area contributed by atoms with E-state index in [0.717, 1.165) is 24.3 Å². The number of ether oxygens (including phenoxy) is 2. The lowest BCUT2D eigenvalue weighted by Crippen LogP contribution is -2.42. The van der Waals surface area contributed by atoms with Gasteiger partial charge in [0.15, 0.2) is 11.5 Å². The van der Waals surface area contributed by atoms with E-state index in [1.165, 1.54) is 12.0 Å². The highest BCUT2D eigenvalue weighted by atomic mass is 32.2. The first kappa shape index (κ1) is 21.3. The van der Waals surface area contributed by atoms with Gasteiger partial charge in [0.2, 0.25) is 5.91 Å². The van der Waals surface area contributed by atoms with E-state index in [9.17, 15) is 9.90 Å². The molecule has 6 nitrogen and oxygen atoms in total. The molecular weight excluding hydrogens is 388 g/mol. The third-order valence-corrected chi connectivity index (χ3v) is 6.30. The maximum atomic E-state index is 12.8. The molecule has 1 saturated heterocycles. The number of hydrogen-bond acceptors (Lipinski definition) is 6. The molecule has 1 heterocycles. The fraction of sp³-hybridized carbons (Fsp3) is 0.409. The Morgan fingerprint density at radius 3 is 2.52 bits per heavy atom. The van der Waals surface area contributed by atoms with Gasteiger partial charge in [-0.15, -0.1) is 11.8 Å². The first-order valence-corrected chi connectivity index (χ1v) is 10.4. The molecule has 29 heavy (non-hydrogen) atoms. The Morgan fingerprint density at radius 2 is 1.90 bits per heavy atom. The zero-order valence-corrected chi connectivity index (χ0v) is 18.1. The summed E-state index contributed by atoms with van der Waals surface area (Å²) in [4.78, 5) is 17.8. The molecule has 1 aliphatic rings. The Labute approximate surface area is 176 Å². The summed E-state index contributed by atoms with van der Waals surface area (Å²) in [6, 6.07) is 13.2. The van der Waals surface area contributed by atoms with E-state index in [-0.39, 0.29) is 17.7 Å². The van der Waals surface area contributed by atoms with E-state index in [1.807, 2.05) is 24.3 Å². The van der Waals surface area contributed by atoms with Gasteiger partial charge < -0.3 is 19.5 Å². The number of phenols is 1. The van der Waals surface area contributed by atoms with Crippen LogP contribution in [0.2, 0.25) is 0 Å². The van der Waals surface area contributed by atoms with Gasteiger partial charge in [-0.1, -0.05) is 6.07 Å². The topological polar surface area (TPSA) is 62.2 Å². The third-order valence-electron chi connectivity index (χ3n) is 5.08. The lowest BCUT2D eigenvalue weighted by atomic mass is 10.1. The van der Waals surface area contributed by atoms with Gasteiger partial charge >= 0.3 is 0 Å². The number of methoxy groups -OCH3 is 2. The van der Waals surface area contributed by atoms with Gasteiger partial charge in [0.1, 0.15) is 5.75 Å². The van der Waals surface area contributed by atoms with E-state index >= 15 is 0 Å². The van der Waals surface area contributed by atoms with E-state index in [4.69, 9.17) is 9.47 Å². The summed E-state index contributed by atoms with van der Waals surface area (Å²) in [7, 11) is 6.80. The lowest BCUT2D eigenvalue weighted by molar-refractivity contribution is -0.133. The van der Waals surface area contributed by atoms with Crippen molar-refractivity contribution in [3.8, 4) is 17.2 Å². The standard InChI is InChI=1S/C22H28N2O4S/c1-23(2)22(26)19-12-18(29-17-8-6-16(27-3)7-9-17)14-24(19)13-15-5-10-20(25)21(11-15)28-4/h5-11,18-19,25H,12-14H2,1-4H3/t18-,19+/m1/s1. The van der Waals surface area contributed by atoms with Crippen LogP contribution < -0.4 is 9.47 Å². The van der Waals surface area contributed by atoms with Gasteiger partial charge in [0.25, 0.3) is 0 Å². The predicted octanol–water partition coefficient (Wildman–Crippen LogP) is 3.23. The number of aromatic hydroxyl groups is 1. The van der Waals surface area contributed by atoms with Crippen molar-refractivity contribution in [2.24, 2.45) is 0 Å². The Morgan fingerprint density at radius 1 is 1.17 bits per heavy atom. The summed E-state index contributed by atoms with van der Waals surface area (Å²) < 4.78 is 10.5. The van der Waals surface area contributed by atoms with Crippen molar-refractivity contribution in [3.05, 3.63) is 48.0 Å². The van der Waals surface area contributed by atoms with Gasteiger partial charge in [-0.2, -0.15) is 0 Å². The van der Waals surface area contributed by atoms with Crippen LogP contribution in [0.25, 0.3) is 0 Å². The molecule has 0 aliphatic carbocycles. The summed E-state index contributed by atoms with van der Waals surface area (Å²) in [6.45, 7) is 1.44. The van der Waals surface area contributed by atoms with Crippen molar-refractivity contribution in [1.29, 1.82) is 0 Å². The van der Waals surface area contributed by atoms with E-state index in [2.05, 4.69) is 17.0 Å². The zero-order chi connectivity index (χ0) is 21.0. The highest BCUT2D eigenvalue weighted by Crippen LogP contribution is 2.35. The fourth-order valence-electron chi connectivity index (χ4n) is 3.58. The van der Waals surface area contributed by atoms with Gasteiger partial charge in [0, 0.05) is 37.3 Å². The number of benzene rings is 2. The summed E-state index contributed by atoms with van der Waals surface area (Å²) in [6.07, 6.45) is 0.795. The molecule has 1 N–H and O–H groups in total. The first-order valence-electron chi connectivity index (χ1n) is 9.53. The second-order valence-electron chi connectivity index (χ2n) is 7.34. The maximum absolute atomic E-state index is 12.8. The lowest BCUT2D eigenvalue weighted by Gasteiger charge is -2.26. The van der Waals surface area contributed by atoms with E-state index in [0.29, 0.717) is 17.5 Å². The number of rotatable bonds is 7. The summed E-state index contributed by atoms with van der Waals surface area (Å²) >= 11 is 1.80. The number of carbonyl (C=O) groups excluding carboxylic acids is 1. The summed E-state index contributed by atoms with van der Waals surface area (Å²) in [5, 5.41) is 10.2. The number of likely N-dealkylation sites (tertiary alicyclic amines) is 1.